The molecular weight excluding hydrogens is 340 g/mol. The summed E-state index contributed by atoms with van der Waals surface area (Å²) in [5.74, 6) is 0.319. The van der Waals surface area contributed by atoms with Gasteiger partial charge in [0.15, 0.2) is 10.8 Å². The molecule has 0 saturated heterocycles. The molecule has 0 bridgehead atoms. The van der Waals surface area contributed by atoms with Crippen LogP contribution in [0.5, 0.6) is 0 Å². The van der Waals surface area contributed by atoms with Crippen LogP contribution in [0.2, 0.25) is 0 Å². The number of anilines is 2. The van der Waals surface area contributed by atoms with Crippen LogP contribution in [0.3, 0.4) is 0 Å². The lowest BCUT2D eigenvalue weighted by molar-refractivity contribution is 0.0691. The third-order valence-electron chi connectivity index (χ3n) is 3.79. The van der Waals surface area contributed by atoms with Gasteiger partial charge in [0.2, 0.25) is 5.95 Å². The number of carboxylic acid groups (broad SMARTS) is 1. The molecule has 0 aliphatic carbocycles. The number of nitrogens with one attached hydrogen (secondary N) is 1. The lowest BCUT2D eigenvalue weighted by Gasteiger charge is -2.11. The molecule has 0 spiro atoms. The quantitative estimate of drug-likeness (QED) is 0.742. The van der Waals surface area contributed by atoms with E-state index in [1.807, 2.05) is 19.2 Å². The van der Waals surface area contributed by atoms with Crippen LogP contribution in [-0.2, 0) is 6.42 Å². The molecule has 4 rings (SSSR count). The van der Waals surface area contributed by atoms with Crippen LogP contribution >= 0.6 is 11.3 Å². The summed E-state index contributed by atoms with van der Waals surface area (Å²) in [6.07, 6.45) is 7.68. The summed E-state index contributed by atoms with van der Waals surface area (Å²) in [7, 11) is 0. The zero-order valence-corrected chi connectivity index (χ0v) is 14.1. The van der Waals surface area contributed by atoms with E-state index < -0.39 is 5.97 Å². The molecule has 0 radical (unpaired) electrons. The zero-order chi connectivity index (χ0) is 17.4. The van der Waals surface area contributed by atoms with Gasteiger partial charge in [-0.15, -0.1) is 11.3 Å². The number of allylic oxidation sites excluding steroid dienone is 1. The van der Waals surface area contributed by atoms with Crippen molar-refractivity contribution in [1.82, 2.24) is 24.5 Å². The van der Waals surface area contributed by atoms with Crippen molar-refractivity contribution in [3.8, 4) is 11.4 Å². The summed E-state index contributed by atoms with van der Waals surface area (Å²) in [5, 5.41) is 13.8. The van der Waals surface area contributed by atoms with E-state index in [1.165, 1.54) is 16.7 Å². The Labute approximate surface area is 146 Å². The smallest absolute Gasteiger partial charge is 0.355 e. The molecule has 0 atom stereocenters. The standard InChI is InChI=1S/C16H14N6O2S/c1-9-13(22-7-3-2-4-12(22)18-9)10-5-6-17-15(19-10)21-16-20-11(8-25-16)14(23)24/h3,5-8H,2,4H2,1H3,(H,23,24)(H,17,19,20,21). The fraction of sp³-hybridized carbons (Fsp3) is 0.188. The van der Waals surface area contributed by atoms with Gasteiger partial charge in [0.1, 0.15) is 5.82 Å². The van der Waals surface area contributed by atoms with E-state index in [-0.39, 0.29) is 5.69 Å². The van der Waals surface area contributed by atoms with Gasteiger partial charge >= 0.3 is 5.97 Å². The topological polar surface area (TPSA) is 106 Å². The zero-order valence-electron chi connectivity index (χ0n) is 13.3. The Kier molecular flexibility index (Phi) is 3.77. The number of imidazole rings is 1. The van der Waals surface area contributed by atoms with Gasteiger partial charge in [-0.3, -0.25) is 0 Å². The van der Waals surface area contributed by atoms with Crippen molar-refractivity contribution >= 4 is 34.6 Å². The van der Waals surface area contributed by atoms with Crippen molar-refractivity contribution < 1.29 is 9.90 Å². The van der Waals surface area contributed by atoms with E-state index in [0.717, 1.165) is 35.7 Å². The summed E-state index contributed by atoms with van der Waals surface area (Å²) < 4.78 is 2.05. The number of carboxylic acids is 1. The third kappa shape index (κ3) is 2.89. The highest BCUT2D eigenvalue weighted by Gasteiger charge is 2.18. The summed E-state index contributed by atoms with van der Waals surface area (Å²) >= 11 is 1.19. The van der Waals surface area contributed by atoms with Gasteiger partial charge in [0.05, 0.1) is 17.1 Å². The first-order valence-electron chi connectivity index (χ1n) is 7.65. The predicted octanol–water partition coefficient (Wildman–Crippen LogP) is 2.96. The lowest BCUT2D eigenvalue weighted by Crippen LogP contribution is -2.04. The Balaban J connectivity index is 1.67. The van der Waals surface area contributed by atoms with Crippen molar-refractivity contribution in [2.75, 3.05) is 5.32 Å². The fourth-order valence-electron chi connectivity index (χ4n) is 2.72. The molecule has 1 aliphatic rings. The SMILES string of the molecule is Cc1nc2n(c1-c1ccnc(Nc3nc(C(=O)O)cs3)n1)C=CCC2. The molecule has 0 fully saturated rings. The van der Waals surface area contributed by atoms with E-state index in [4.69, 9.17) is 5.11 Å². The Morgan fingerprint density at radius 2 is 2.24 bits per heavy atom. The van der Waals surface area contributed by atoms with Crippen LogP contribution in [0.4, 0.5) is 11.1 Å². The van der Waals surface area contributed by atoms with E-state index in [2.05, 4.69) is 35.9 Å². The maximum atomic E-state index is 10.9. The molecule has 0 unspecified atom stereocenters. The minimum absolute atomic E-state index is 0.00510. The number of carbonyl (C=O) groups is 1. The number of fused-ring (bicyclic) bond motifs is 1. The van der Waals surface area contributed by atoms with Gasteiger partial charge in [-0.25, -0.2) is 24.7 Å². The average Bonchev–Trinajstić information content (AvgIpc) is 3.18. The maximum absolute atomic E-state index is 10.9. The number of aromatic carboxylic acids is 1. The second-order valence-corrected chi connectivity index (χ2v) is 6.35. The highest BCUT2D eigenvalue weighted by atomic mass is 32.1. The molecule has 0 amide bonds. The van der Waals surface area contributed by atoms with Crippen molar-refractivity contribution in [2.45, 2.75) is 19.8 Å². The van der Waals surface area contributed by atoms with E-state index in [1.54, 1.807) is 6.20 Å². The minimum Gasteiger partial charge on any atom is -0.476 e. The second kappa shape index (κ2) is 6.10. The van der Waals surface area contributed by atoms with Gasteiger partial charge in [-0.05, 0) is 19.4 Å². The molecule has 2 N–H and O–H groups in total. The minimum atomic E-state index is -1.06. The number of aryl methyl sites for hydroxylation is 2. The summed E-state index contributed by atoms with van der Waals surface area (Å²) in [6, 6.07) is 1.83. The number of nitrogens with zero attached hydrogens (tertiary/aromatic N) is 5. The molecule has 1 aliphatic heterocycles. The molecule has 8 nitrogen and oxygen atoms in total. The number of hydrogen-bond acceptors (Lipinski definition) is 7. The van der Waals surface area contributed by atoms with Crippen LogP contribution in [0.25, 0.3) is 17.6 Å². The fourth-order valence-corrected chi connectivity index (χ4v) is 3.40. The van der Waals surface area contributed by atoms with Crippen LogP contribution in [-0.4, -0.2) is 35.6 Å². The maximum Gasteiger partial charge on any atom is 0.355 e. The number of aromatic nitrogens is 5. The molecule has 126 valence electrons. The normalized spacial score (nSPS) is 12.8. The molecule has 4 heterocycles. The Hall–Kier alpha value is -3.07. The van der Waals surface area contributed by atoms with E-state index in [0.29, 0.717) is 11.1 Å². The average molecular weight is 354 g/mol. The van der Waals surface area contributed by atoms with Gasteiger partial charge in [0.25, 0.3) is 0 Å². The summed E-state index contributed by atoms with van der Waals surface area (Å²) in [6.45, 7) is 1.96. The molecular formula is C16H14N6O2S. The Morgan fingerprint density at radius 1 is 1.36 bits per heavy atom. The monoisotopic (exact) mass is 354 g/mol. The molecule has 0 aromatic carbocycles. The Bertz CT molecular complexity index is 990. The highest BCUT2D eigenvalue weighted by molar-refractivity contribution is 7.14. The molecule has 25 heavy (non-hydrogen) atoms. The van der Waals surface area contributed by atoms with Gasteiger partial charge in [-0.1, -0.05) is 6.08 Å². The first-order chi connectivity index (χ1) is 12.1. The van der Waals surface area contributed by atoms with Gasteiger partial charge in [-0.2, -0.15) is 0 Å². The highest BCUT2D eigenvalue weighted by Crippen LogP contribution is 2.27. The van der Waals surface area contributed by atoms with Crippen molar-refractivity contribution in [2.24, 2.45) is 0 Å². The van der Waals surface area contributed by atoms with E-state index >= 15 is 0 Å². The summed E-state index contributed by atoms with van der Waals surface area (Å²) in [4.78, 5) is 28.2. The van der Waals surface area contributed by atoms with Crippen LogP contribution < -0.4 is 5.32 Å². The lowest BCUT2D eigenvalue weighted by atomic mass is 10.2. The van der Waals surface area contributed by atoms with E-state index in [9.17, 15) is 4.79 Å². The van der Waals surface area contributed by atoms with Gasteiger partial charge < -0.3 is 15.0 Å². The first-order valence-corrected chi connectivity index (χ1v) is 8.53. The van der Waals surface area contributed by atoms with Crippen molar-refractivity contribution in [3.63, 3.8) is 0 Å². The number of hydrogen-bond donors (Lipinski definition) is 2. The van der Waals surface area contributed by atoms with Crippen LogP contribution in [0.1, 0.15) is 28.4 Å². The van der Waals surface area contributed by atoms with Gasteiger partial charge in [0, 0.05) is 24.2 Å². The Morgan fingerprint density at radius 3 is 3.04 bits per heavy atom. The molecule has 9 heteroatoms. The third-order valence-corrected chi connectivity index (χ3v) is 4.55. The van der Waals surface area contributed by atoms with Crippen molar-refractivity contribution in [1.29, 1.82) is 0 Å². The molecule has 3 aromatic heterocycles. The van der Waals surface area contributed by atoms with Crippen molar-refractivity contribution in [3.05, 3.63) is 40.9 Å². The number of thiazole rings is 1. The summed E-state index contributed by atoms with van der Waals surface area (Å²) in [5.41, 5.74) is 2.58. The van der Waals surface area contributed by atoms with Crippen LogP contribution in [0.15, 0.2) is 23.7 Å². The van der Waals surface area contributed by atoms with Crippen LogP contribution in [0, 0.1) is 6.92 Å². The number of rotatable bonds is 4. The molecule has 3 aromatic rings. The predicted molar refractivity (Wildman–Crippen MR) is 94.0 cm³/mol. The molecule has 0 saturated carbocycles. The second-order valence-electron chi connectivity index (χ2n) is 5.49. The first kappa shape index (κ1) is 15.5. The largest absolute Gasteiger partial charge is 0.476 e.